The van der Waals surface area contributed by atoms with E-state index in [1.807, 2.05) is 63.2 Å². The fourth-order valence-electron chi connectivity index (χ4n) is 3.29. The molecule has 0 amide bonds. The Balaban J connectivity index is 1.53. The van der Waals surface area contributed by atoms with Gasteiger partial charge in [-0.2, -0.15) is 0 Å². The number of hydrogen-bond acceptors (Lipinski definition) is 5. The summed E-state index contributed by atoms with van der Waals surface area (Å²) in [7, 11) is 0. The number of rotatable bonds is 12. The molecule has 0 spiro atoms. The number of oxazole rings is 1. The van der Waals surface area contributed by atoms with Crippen molar-refractivity contribution in [2.75, 3.05) is 26.4 Å². The molecule has 160 valence electrons. The van der Waals surface area contributed by atoms with Gasteiger partial charge in [-0.3, -0.25) is 0 Å². The van der Waals surface area contributed by atoms with Gasteiger partial charge in [-0.25, -0.2) is 4.98 Å². The first-order chi connectivity index (χ1) is 14.7. The van der Waals surface area contributed by atoms with Crippen LogP contribution in [0, 0.1) is 6.92 Å². The van der Waals surface area contributed by atoms with Crippen LogP contribution in [-0.4, -0.2) is 31.4 Å². The van der Waals surface area contributed by atoms with Gasteiger partial charge in [0.2, 0.25) is 5.89 Å². The second kappa shape index (κ2) is 11.5. The number of nitrogens with zero attached hydrogens (tertiary/aromatic N) is 1. The summed E-state index contributed by atoms with van der Waals surface area (Å²) in [5, 5.41) is 0. The van der Waals surface area contributed by atoms with E-state index < -0.39 is 0 Å². The van der Waals surface area contributed by atoms with Gasteiger partial charge in [0, 0.05) is 38.2 Å². The average molecular weight is 410 g/mol. The lowest BCUT2D eigenvalue weighted by Gasteiger charge is -2.18. The molecule has 1 aromatic heterocycles. The second-order valence-corrected chi connectivity index (χ2v) is 6.99. The maximum Gasteiger partial charge on any atom is 0.226 e. The van der Waals surface area contributed by atoms with Crippen LogP contribution in [0.25, 0.3) is 11.5 Å². The lowest BCUT2D eigenvalue weighted by Crippen LogP contribution is -2.08. The lowest BCUT2D eigenvalue weighted by atomic mass is 10.1. The Morgan fingerprint density at radius 1 is 0.933 bits per heavy atom. The van der Waals surface area contributed by atoms with E-state index in [0.29, 0.717) is 32.1 Å². The number of hydrogen-bond donors (Lipinski definition) is 0. The molecular weight excluding hydrogens is 378 g/mol. The standard InChI is InChI=1S/C25H31NO4/c1-4-27-17-16-24(28-5-2)20-11-13-22(14-12-20)29-18-15-23-19(3)30-25(26-23)21-9-7-6-8-10-21/h6-14,24H,4-5,15-18H2,1-3H3. The van der Waals surface area contributed by atoms with Gasteiger partial charge in [-0.1, -0.05) is 30.3 Å². The van der Waals surface area contributed by atoms with E-state index in [0.717, 1.165) is 41.4 Å². The van der Waals surface area contributed by atoms with Gasteiger partial charge in [0.1, 0.15) is 11.5 Å². The summed E-state index contributed by atoms with van der Waals surface area (Å²) in [6.45, 7) is 8.60. The third kappa shape index (κ3) is 6.18. The Hall–Kier alpha value is -2.63. The Bertz CT molecular complexity index is 874. The largest absolute Gasteiger partial charge is 0.493 e. The van der Waals surface area contributed by atoms with Crippen molar-refractivity contribution < 1.29 is 18.6 Å². The van der Waals surface area contributed by atoms with Gasteiger partial charge in [0.05, 0.1) is 18.4 Å². The predicted octanol–water partition coefficient (Wildman–Crippen LogP) is 5.78. The van der Waals surface area contributed by atoms with Crippen molar-refractivity contribution in [1.29, 1.82) is 0 Å². The lowest BCUT2D eigenvalue weighted by molar-refractivity contribution is 0.0288. The molecule has 1 atom stereocenters. The van der Waals surface area contributed by atoms with Crippen LogP contribution >= 0.6 is 0 Å². The van der Waals surface area contributed by atoms with E-state index in [9.17, 15) is 0 Å². The summed E-state index contributed by atoms with van der Waals surface area (Å²) < 4.78 is 23.1. The first-order valence-corrected chi connectivity index (χ1v) is 10.6. The minimum atomic E-state index is 0.0461. The van der Waals surface area contributed by atoms with Crippen molar-refractivity contribution in [2.24, 2.45) is 0 Å². The SMILES string of the molecule is CCOCCC(OCC)c1ccc(OCCc2nc(-c3ccccc3)oc2C)cc1. The fraction of sp³-hybridized carbons (Fsp3) is 0.400. The first kappa shape index (κ1) is 22.1. The van der Waals surface area contributed by atoms with Gasteiger partial charge in [-0.15, -0.1) is 0 Å². The van der Waals surface area contributed by atoms with E-state index in [1.165, 1.54) is 0 Å². The van der Waals surface area contributed by atoms with Crippen LogP contribution in [0.15, 0.2) is 59.0 Å². The molecule has 0 aliphatic rings. The van der Waals surface area contributed by atoms with Gasteiger partial charge >= 0.3 is 0 Å². The molecule has 0 radical (unpaired) electrons. The molecule has 0 saturated heterocycles. The summed E-state index contributed by atoms with van der Waals surface area (Å²) in [6, 6.07) is 18.1. The summed E-state index contributed by atoms with van der Waals surface area (Å²) in [5.74, 6) is 2.33. The molecule has 0 bridgehead atoms. The highest BCUT2D eigenvalue weighted by molar-refractivity contribution is 5.53. The summed E-state index contributed by atoms with van der Waals surface area (Å²) >= 11 is 0. The number of aryl methyl sites for hydroxylation is 1. The number of aromatic nitrogens is 1. The van der Waals surface area contributed by atoms with Gasteiger partial charge in [-0.05, 0) is 50.6 Å². The Morgan fingerprint density at radius 2 is 1.70 bits per heavy atom. The predicted molar refractivity (Wildman–Crippen MR) is 118 cm³/mol. The highest BCUT2D eigenvalue weighted by Gasteiger charge is 2.13. The summed E-state index contributed by atoms with van der Waals surface area (Å²) in [4.78, 5) is 4.63. The molecule has 0 N–H and O–H groups in total. The van der Waals surface area contributed by atoms with Gasteiger partial charge < -0.3 is 18.6 Å². The highest BCUT2D eigenvalue weighted by Crippen LogP contribution is 2.25. The maximum absolute atomic E-state index is 5.93. The molecule has 1 unspecified atom stereocenters. The molecule has 0 aliphatic carbocycles. The quantitative estimate of drug-likeness (QED) is 0.355. The van der Waals surface area contributed by atoms with E-state index in [4.69, 9.17) is 18.6 Å². The summed E-state index contributed by atoms with van der Waals surface area (Å²) in [6.07, 6.45) is 1.58. The molecule has 0 saturated carbocycles. The van der Waals surface area contributed by atoms with Crippen molar-refractivity contribution in [1.82, 2.24) is 4.98 Å². The Kier molecular flexibility index (Phi) is 8.48. The second-order valence-electron chi connectivity index (χ2n) is 6.99. The third-order valence-electron chi connectivity index (χ3n) is 4.87. The van der Waals surface area contributed by atoms with E-state index >= 15 is 0 Å². The Morgan fingerprint density at radius 3 is 2.40 bits per heavy atom. The van der Waals surface area contributed by atoms with Crippen molar-refractivity contribution in [3.05, 3.63) is 71.6 Å². The van der Waals surface area contributed by atoms with E-state index in [1.54, 1.807) is 0 Å². The molecule has 3 aromatic rings. The smallest absolute Gasteiger partial charge is 0.226 e. The Labute approximate surface area is 179 Å². The van der Waals surface area contributed by atoms with Crippen LogP contribution in [0.3, 0.4) is 0 Å². The average Bonchev–Trinajstić information content (AvgIpc) is 3.15. The van der Waals surface area contributed by atoms with Crippen LogP contribution in [-0.2, 0) is 15.9 Å². The molecule has 5 heteroatoms. The molecule has 0 fully saturated rings. The zero-order valence-corrected chi connectivity index (χ0v) is 18.1. The summed E-state index contributed by atoms with van der Waals surface area (Å²) in [5.41, 5.74) is 3.05. The van der Waals surface area contributed by atoms with Crippen LogP contribution in [0.5, 0.6) is 5.75 Å². The maximum atomic E-state index is 5.93. The van der Waals surface area contributed by atoms with Crippen LogP contribution in [0.1, 0.15) is 43.4 Å². The molecule has 0 aliphatic heterocycles. The molecule has 5 nitrogen and oxygen atoms in total. The zero-order valence-electron chi connectivity index (χ0n) is 18.1. The number of benzene rings is 2. The normalized spacial score (nSPS) is 12.1. The molecule has 3 rings (SSSR count). The molecule has 1 heterocycles. The van der Waals surface area contributed by atoms with Gasteiger partial charge in [0.15, 0.2) is 0 Å². The molecular formula is C25H31NO4. The van der Waals surface area contributed by atoms with Crippen molar-refractivity contribution >= 4 is 0 Å². The topological polar surface area (TPSA) is 53.7 Å². The number of ether oxygens (including phenoxy) is 3. The van der Waals surface area contributed by atoms with Crippen LogP contribution in [0.2, 0.25) is 0 Å². The third-order valence-corrected chi connectivity index (χ3v) is 4.87. The molecule has 30 heavy (non-hydrogen) atoms. The minimum absolute atomic E-state index is 0.0461. The highest BCUT2D eigenvalue weighted by atomic mass is 16.5. The van der Waals surface area contributed by atoms with Gasteiger partial charge in [0.25, 0.3) is 0 Å². The van der Waals surface area contributed by atoms with Crippen LogP contribution < -0.4 is 4.74 Å². The fourth-order valence-corrected chi connectivity index (χ4v) is 3.29. The van der Waals surface area contributed by atoms with Crippen molar-refractivity contribution in [3.63, 3.8) is 0 Å². The minimum Gasteiger partial charge on any atom is -0.493 e. The van der Waals surface area contributed by atoms with Crippen molar-refractivity contribution in [3.8, 4) is 17.2 Å². The first-order valence-electron chi connectivity index (χ1n) is 10.6. The van der Waals surface area contributed by atoms with Crippen LogP contribution in [0.4, 0.5) is 0 Å². The molecule has 2 aromatic carbocycles. The van der Waals surface area contributed by atoms with E-state index in [2.05, 4.69) is 17.1 Å². The van der Waals surface area contributed by atoms with E-state index in [-0.39, 0.29) is 6.10 Å². The zero-order chi connectivity index (χ0) is 21.2. The monoisotopic (exact) mass is 409 g/mol. The van der Waals surface area contributed by atoms with Crippen molar-refractivity contribution in [2.45, 2.75) is 39.7 Å².